The molecule has 19 heavy (non-hydrogen) atoms. The van der Waals surface area contributed by atoms with Crippen molar-refractivity contribution >= 4 is 33.3 Å². The normalized spacial score (nSPS) is 10.5. The fourth-order valence-corrected chi connectivity index (χ4v) is 2.07. The van der Waals surface area contributed by atoms with E-state index < -0.39 is 11.6 Å². The van der Waals surface area contributed by atoms with Gasteiger partial charge in [0.05, 0.1) is 9.50 Å². The van der Waals surface area contributed by atoms with Gasteiger partial charge in [-0.25, -0.2) is 8.78 Å². The van der Waals surface area contributed by atoms with Gasteiger partial charge in [-0.3, -0.25) is 4.79 Å². The largest absolute Gasteiger partial charge is 0.294 e. The molecule has 0 saturated heterocycles. The Balaban J connectivity index is 2.26. The number of carbonyl (C=O) groups excluding carboxylic acids is 1. The lowest BCUT2D eigenvalue weighted by Crippen LogP contribution is -2.05. The molecule has 0 aliphatic rings. The molecule has 2 aromatic carbocycles. The van der Waals surface area contributed by atoms with Gasteiger partial charge in [0.15, 0.2) is 5.78 Å². The highest BCUT2D eigenvalue weighted by Crippen LogP contribution is 2.22. The van der Waals surface area contributed by atoms with Gasteiger partial charge in [-0.05, 0) is 39.7 Å². The van der Waals surface area contributed by atoms with E-state index in [1.54, 1.807) is 6.07 Å². The van der Waals surface area contributed by atoms with Gasteiger partial charge in [0.2, 0.25) is 0 Å². The highest BCUT2D eigenvalue weighted by molar-refractivity contribution is 9.10. The minimum atomic E-state index is -0.575. The molecule has 0 unspecified atom stereocenters. The molecule has 0 radical (unpaired) electrons. The SMILES string of the molecule is O=C(Cc1cccc(F)c1Cl)c1ccc(Br)c(F)c1. The van der Waals surface area contributed by atoms with Crippen molar-refractivity contribution in [1.29, 1.82) is 0 Å². The Morgan fingerprint density at radius 3 is 2.58 bits per heavy atom. The Morgan fingerprint density at radius 1 is 1.16 bits per heavy atom. The van der Waals surface area contributed by atoms with Crippen molar-refractivity contribution in [2.75, 3.05) is 0 Å². The van der Waals surface area contributed by atoms with Crippen LogP contribution in [0.1, 0.15) is 15.9 Å². The van der Waals surface area contributed by atoms with Crippen LogP contribution in [0.15, 0.2) is 40.9 Å². The zero-order chi connectivity index (χ0) is 14.0. The van der Waals surface area contributed by atoms with Crippen LogP contribution < -0.4 is 0 Å². The molecule has 5 heteroatoms. The molecule has 0 amide bonds. The smallest absolute Gasteiger partial charge is 0.167 e. The number of benzene rings is 2. The molecular formula is C14H8BrClF2O. The zero-order valence-corrected chi connectivity index (χ0v) is 11.9. The van der Waals surface area contributed by atoms with Crippen LogP contribution in [0, 0.1) is 11.6 Å². The maximum absolute atomic E-state index is 13.3. The van der Waals surface area contributed by atoms with E-state index >= 15 is 0 Å². The quantitative estimate of drug-likeness (QED) is 0.730. The molecule has 0 atom stereocenters. The van der Waals surface area contributed by atoms with E-state index in [1.807, 2.05) is 0 Å². The third-order valence-electron chi connectivity index (χ3n) is 2.62. The summed E-state index contributed by atoms with van der Waals surface area (Å²) in [5, 5.41) is -0.0755. The second-order valence-electron chi connectivity index (χ2n) is 3.94. The second kappa shape index (κ2) is 5.80. The number of hydrogen-bond acceptors (Lipinski definition) is 1. The van der Waals surface area contributed by atoms with E-state index in [1.165, 1.54) is 24.3 Å². The first-order valence-electron chi connectivity index (χ1n) is 5.40. The number of halogens is 4. The van der Waals surface area contributed by atoms with Crippen LogP contribution in [0.5, 0.6) is 0 Å². The Kier molecular flexibility index (Phi) is 4.32. The van der Waals surface area contributed by atoms with E-state index in [4.69, 9.17) is 11.6 Å². The number of ketones is 1. The molecule has 0 aromatic heterocycles. The van der Waals surface area contributed by atoms with Crippen molar-refractivity contribution in [3.8, 4) is 0 Å². The summed E-state index contributed by atoms with van der Waals surface area (Å²) >= 11 is 8.78. The minimum absolute atomic E-state index is 0.0718. The maximum atomic E-state index is 13.3. The summed E-state index contributed by atoms with van der Waals surface area (Å²) in [5.41, 5.74) is 0.607. The van der Waals surface area contributed by atoms with Gasteiger partial charge in [-0.1, -0.05) is 29.8 Å². The van der Waals surface area contributed by atoms with Crippen molar-refractivity contribution in [3.63, 3.8) is 0 Å². The average Bonchev–Trinajstić information content (AvgIpc) is 2.38. The Bertz CT molecular complexity index is 643. The highest BCUT2D eigenvalue weighted by Gasteiger charge is 2.13. The molecule has 0 fully saturated rings. The van der Waals surface area contributed by atoms with Crippen LogP contribution in [-0.4, -0.2) is 5.78 Å². The molecule has 0 saturated carbocycles. The number of Topliss-reactive ketones (excluding diaryl/α,β-unsaturated/α-hetero) is 1. The third-order valence-corrected chi connectivity index (χ3v) is 3.69. The molecule has 0 spiro atoms. The van der Waals surface area contributed by atoms with E-state index in [0.717, 1.165) is 6.07 Å². The second-order valence-corrected chi connectivity index (χ2v) is 5.17. The molecule has 0 aliphatic carbocycles. The highest BCUT2D eigenvalue weighted by atomic mass is 79.9. The minimum Gasteiger partial charge on any atom is -0.294 e. The molecule has 1 nitrogen and oxygen atoms in total. The third kappa shape index (κ3) is 3.19. The van der Waals surface area contributed by atoms with Crippen LogP contribution >= 0.6 is 27.5 Å². The van der Waals surface area contributed by atoms with Gasteiger partial charge in [-0.15, -0.1) is 0 Å². The summed E-state index contributed by atoms with van der Waals surface area (Å²) in [4.78, 5) is 12.0. The zero-order valence-electron chi connectivity index (χ0n) is 9.59. The maximum Gasteiger partial charge on any atom is 0.167 e. The lowest BCUT2D eigenvalue weighted by molar-refractivity contribution is 0.0992. The summed E-state index contributed by atoms with van der Waals surface area (Å²) in [5.74, 6) is -1.41. The van der Waals surface area contributed by atoms with Crippen molar-refractivity contribution in [2.45, 2.75) is 6.42 Å². The van der Waals surface area contributed by atoms with Crippen LogP contribution in [-0.2, 0) is 6.42 Å². The van der Waals surface area contributed by atoms with Crippen LogP contribution in [0.25, 0.3) is 0 Å². The topological polar surface area (TPSA) is 17.1 Å². The van der Waals surface area contributed by atoms with Gasteiger partial charge in [0.25, 0.3) is 0 Å². The summed E-state index contributed by atoms with van der Waals surface area (Å²) in [6.07, 6.45) is -0.0718. The Hall–Kier alpha value is -1.26. The van der Waals surface area contributed by atoms with Crippen LogP contribution in [0.3, 0.4) is 0 Å². The van der Waals surface area contributed by atoms with Crippen LogP contribution in [0.4, 0.5) is 8.78 Å². The van der Waals surface area contributed by atoms with Crippen molar-refractivity contribution in [2.24, 2.45) is 0 Å². The van der Waals surface area contributed by atoms with E-state index in [2.05, 4.69) is 15.9 Å². The summed E-state index contributed by atoms with van der Waals surface area (Å²) in [7, 11) is 0. The van der Waals surface area contributed by atoms with Gasteiger partial charge in [-0.2, -0.15) is 0 Å². The molecule has 2 aromatic rings. The number of rotatable bonds is 3. The first-order chi connectivity index (χ1) is 8.99. The van der Waals surface area contributed by atoms with Gasteiger partial charge >= 0.3 is 0 Å². The van der Waals surface area contributed by atoms with Crippen molar-refractivity contribution in [1.82, 2.24) is 0 Å². The monoisotopic (exact) mass is 344 g/mol. The van der Waals surface area contributed by atoms with E-state index in [-0.39, 0.29) is 27.3 Å². The molecule has 0 heterocycles. The summed E-state index contributed by atoms with van der Waals surface area (Å²) in [6, 6.07) is 8.36. The Labute approximate surface area is 122 Å². The van der Waals surface area contributed by atoms with E-state index in [9.17, 15) is 13.6 Å². The first kappa shape index (κ1) is 14.2. The predicted octanol–water partition coefficient (Wildman–Crippen LogP) is 4.81. The fourth-order valence-electron chi connectivity index (χ4n) is 1.63. The average molecular weight is 346 g/mol. The predicted molar refractivity (Wildman–Crippen MR) is 73.5 cm³/mol. The fraction of sp³-hybridized carbons (Fsp3) is 0.0714. The Morgan fingerprint density at radius 2 is 1.89 bits per heavy atom. The molecule has 0 aliphatic heterocycles. The molecule has 98 valence electrons. The molecular weight excluding hydrogens is 338 g/mol. The molecule has 2 rings (SSSR count). The van der Waals surface area contributed by atoms with Gasteiger partial charge < -0.3 is 0 Å². The lowest BCUT2D eigenvalue weighted by Gasteiger charge is -2.05. The van der Waals surface area contributed by atoms with Crippen molar-refractivity contribution < 1.29 is 13.6 Å². The summed E-state index contributed by atoms with van der Waals surface area (Å²) < 4.78 is 26.9. The van der Waals surface area contributed by atoms with Crippen molar-refractivity contribution in [3.05, 3.63) is 68.7 Å². The number of hydrogen-bond donors (Lipinski definition) is 0. The first-order valence-corrected chi connectivity index (χ1v) is 6.57. The molecule has 0 N–H and O–H groups in total. The number of carbonyl (C=O) groups is 1. The lowest BCUT2D eigenvalue weighted by atomic mass is 10.0. The van der Waals surface area contributed by atoms with Crippen LogP contribution in [0.2, 0.25) is 5.02 Å². The molecule has 0 bridgehead atoms. The standard InChI is InChI=1S/C14H8BrClF2O/c15-10-5-4-8(6-12(10)18)13(19)7-9-2-1-3-11(17)14(9)16/h1-6H,7H2. The van der Waals surface area contributed by atoms with Gasteiger partial charge in [0, 0.05) is 12.0 Å². The van der Waals surface area contributed by atoms with Gasteiger partial charge in [0.1, 0.15) is 11.6 Å². The van der Waals surface area contributed by atoms with E-state index in [0.29, 0.717) is 5.56 Å². The summed E-state index contributed by atoms with van der Waals surface area (Å²) in [6.45, 7) is 0.